The van der Waals surface area contributed by atoms with Gasteiger partial charge >= 0.3 is 5.97 Å². The van der Waals surface area contributed by atoms with Gasteiger partial charge in [0, 0.05) is 0 Å². The third-order valence-corrected chi connectivity index (χ3v) is 3.30. The summed E-state index contributed by atoms with van der Waals surface area (Å²) in [5, 5.41) is 10.4. The molecular formula is C11H18O3. The third-order valence-electron chi connectivity index (χ3n) is 3.30. The van der Waals surface area contributed by atoms with E-state index in [-0.39, 0.29) is 12.4 Å². The first-order chi connectivity index (χ1) is 6.66. The molecule has 0 saturated heterocycles. The molecule has 0 radical (unpaired) electrons. The Morgan fingerprint density at radius 1 is 1.36 bits per heavy atom. The van der Waals surface area contributed by atoms with Gasteiger partial charge in [-0.2, -0.15) is 0 Å². The van der Waals surface area contributed by atoms with Crippen LogP contribution in [0.1, 0.15) is 39.0 Å². The highest BCUT2D eigenvalue weighted by molar-refractivity contribution is 5.71. The van der Waals surface area contributed by atoms with Gasteiger partial charge in [-0.25, -0.2) is 0 Å². The molecule has 0 aliphatic heterocycles. The number of carbonyl (C=O) groups is 1. The molecule has 3 nitrogen and oxygen atoms in total. The van der Waals surface area contributed by atoms with E-state index < -0.39 is 5.60 Å². The van der Waals surface area contributed by atoms with Gasteiger partial charge in [0.05, 0.1) is 18.6 Å². The van der Waals surface area contributed by atoms with Crippen LogP contribution in [-0.2, 0) is 9.53 Å². The fourth-order valence-electron chi connectivity index (χ4n) is 2.23. The van der Waals surface area contributed by atoms with Crippen molar-refractivity contribution in [2.45, 2.75) is 44.6 Å². The van der Waals surface area contributed by atoms with E-state index in [1.165, 1.54) is 0 Å². The molecule has 0 heterocycles. The lowest BCUT2D eigenvalue weighted by atomic mass is 9.88. The van der Waals surface area contributed by atoms with Gasteiger partial charge in [0.1, 0.15) is 0 Å². The van der Waals surface area contributed by atoms with E-state index in [2.05, 4.69) is 0 Å². The van der Waals surface area contributed by atoms with E-state index in [0.29, 0.717) is 18.4 Å². The fourth-order valence-corrected chi connectivity index (χ4v) is 2.23. The molecule has 2 aliphatic carbocycles. The number of esters is 1. The van der Waals surface area contributed by atoms with E-state index in [9.17, 15) is 9.90 Å². The average molecular weight is 198 g/mol. The zero-order valence-corrected chi connectivity index (χ0v) is 8.66. The predicted molar refractivity (Wildman–Crippen MR) is 51.6 cm³/mol. The molecule has 80 valence electrons. The van der Waals surface area contributed by atoms with Crippen molar-refractivity contribution in [3.8, 4) is 0 Å². The molecule has 0 aromatic rings. The first-order valence-corrected chi connectivity index (χ1v) is 5.55. The van der Waals surface area contributed by atoms with Crippen molar-refractivity contribution in [3.05, 3.63) is 0 Å². The predicted octanol–water partition coefficient (Wildman–Crippen LogP) is 1.49. The van der Waals surface area contributed by atoms with Crippen LogP contribution in [0.3, 0.4) is 0 Å². The average Bonchev–Trinajstić information content (AvgIpc) is 2.98. The van der Waals surface area contributed by atoms with Gasteiger partial charge in [-0.1, -0.05) is 0 Å². The summed E-state index contributed by atoms with van der Waals surface area (Å²) in [7, 11) is 0. The number of rotatable bonds is 5. The Bertz CT molecular complexity index is 217. The van der Waals surface area contributed by atoms with E-state index in [1.54, 1.807) is 6.92 Å². The maximum atomic E-state index is 11.3. The summed E-state index contributed by atoms with van der Waals surface area (Å²) in [6, 6.07) is 0. The van der Waals surface area contributed by atoms with Gasteiger partial charge in [0.2, 0.25) is 0 Å². The monoisotopic (exact) mass is 198 g/mol. The molecule has 1 N–H and O–H groups in total. The first kappa shape index (κ1) is 9.97. The molecule has 0 amide bonds. The molecule has 2 rings (SSSR count). The fraction of sp³-hybridized carbons (Fsp3) is 0.909. The Morgan fingerprint density at radius 3 is 2.21 bits per heavy atom. The third kappa shape index (κ3) is 1.92. The van der Waals surface area contributed by atoms with Gasteiger partial charge in [0.15, 0.2) is 0 Å². The van der Waals surface area contributed by atoms with Gasteiger partial charge in [0.25, 0.3) is 0 Å². The van der Waals surface area contributed by atoms with Gasteiger partial charge in [-0.3, -0.25) is 4.79 Å². The summed E-state index contributed by atoms with van der Waals surface area (Å²) >= 11 is 0. The van der Waals surface area contributed by atoms with Crippen LogP contribution in [0.15, 0.2) is 0 Å². The molecule has 0 unspecified atom stereocenters. The Morgan fingerprint density at radius 2 is 1.86 bits per heavy atom. The molecule has 2 saturated carbocycles. The maximum absolute atomic E-state index is 11.3. The second kappa shape index (κ2) is 3.54. The van der Waals surface area contributed by atoms with Crippen LogP contribution in [0.2, 0.25) is 0 Å². The Labute approximate surface area is 84.4 Å². The summed E-state index contributed by atoms with van der Waals surface area (Å²) in [6.07, 6.45) is 4.51. The van der Waals surface area contributed by atoms with Crippen LogP contribution >= 0.6 is 0 Å². The molecule has 3 heteroatoms. The van der Waals surface area contributed by atoms with Crippen molar-refractivity contribution in [1.82, 2.24) is 0 Å². The minimum absolute atomic E-state index is 0.205. The Balaban J connectivity index is 1.93. The van der Waals surface area contributed by atoms with E-state index in [1.807, 2.05) is 0 Å². The highest BCUT2D eigenvalue weighted by Gasteiger charge is 2.54. The topological polar surface area (TPSA) is 46.5 Å². The molecule has 0 bridgehead atoms. The lowest BCUT2D eigenvalue weighted by Gasteiger charge is -2.27. The summed E-state index contributed by atoms with van der Waals surface area (Å²) in [5.41, 5.74) is -0.730. The standard InChI is InChI=1S/C11H18O3/c1-2-14-10(12)7-11(13,8-3-4-8)9-5-6-9/h8-9,13H,2-7H2,1H3. The minimum atomic E-state index is -0.730. The van der Waals surface area contributed by atoms with Crippen LogP contribution in [0, 0.1) is 11.8 Å². The van der Waals surface area contributed by atoms with Crippen LogP contribution in [0.5, 0.6) is 0 Å². The SMILES string of the molecule is CCOC(=O)CC(O)(C1CC1)C1CC1. The number of hydrogen-bond donors (Lipinski definition) is 1. The smallest absolute Gasteiger partial charge is 0.308 e. The van der Waals surface area contributed by atoms with Crippen molar-refractivity contribution in [2.24, 2.45) is 11.8 Å². The van der Waals surface area contributed by atoms with E-state index >= 15 is 0 Å². The van der Waals surface area contributed by atoms with E-state index in [0.717, 1.165) is 25.7 Å². The highest BCUT2D eigenvalue weighted by Crippen LogP contribution is 2.53. The molecule has 0 aromatic heterocycles. The maximum Gasteiger partial charge on any atom is 0.308 e. The lowest BCUT2D eigenvalue weighted by molar-refractivity contribution is -0.150. The Hall–Kier alpha value is -0.570. The summed E-state index contributed by atoms with van der Waals surface area (Å²) in [6.45, 7) is 2.20. The zero-order valence-electron chi connectivity index (χ0n) is 8.66. The lowest BCUT2D eigenvalue weighted by Crippen LogP contribution is -2.37. The van der Waals surface area contributed by atoms with Crippen LogP contribution in [-0.4, -0.2) is 23.3 Å². The molecular weight excluding hydrogens is 180 g/mol. The second-order valence-corrected chi connectivity index (χ2v) is 4.52. The number of aliphatic hydroxyl groups is 1. The molecule has 0 spiro atoms. The second-order valence-electron chi connectivity index (χ2n) is 4.52. The number of hydrogen-bond acceptors (Lipinski definition) is 3. The van der Waals surface area contributed by atoms with Crippen molar-refractivity contribution in [3.63, 3.8) is 0 Å². The molecule has 0 atom stereocenters. The number of ether oxygens (including phenoxy) is 1. The minimum Gasteiger partial charge on any atom is -0.466 e. The van der Waals surface area contributed by atoms with Gasteiger partial charge in [-0.15, -0.1) is 0 Å². The summed E-state index contributed by atoms with van der Waals surface area (Å²) < 4.78 is 4.89. The summed E-state index contributed by atoms with van der Waals surface area (Å²) in [4.78, 5) is 11.3. The van der Waals surface area contributed by atoms with Crippen LogP contribution in [0.25, 0.3) is 0 Å². The number of carbonyl (C=O) groups excluding carboxylic acids is 1. The van der Waals surface area contributed by atoms with Crippen molar-refractivity contribution >= 4 is 5.97 Å². The van der Waals surface area contributed by atoms with Gasteiger partial charge < -0.3 is 9.84 Å². The molecule has 14 heavy (non-hydrogen) atoms. The van der Waals surface area contributed by atoms with Crippen molar-refractivity contribution in [2.75, 3.05) is 6.61 Å². The largest absolute Gasteiger partial charge is 0.466 e. The summed E-state index contributed by atoms with van der Waals surface area (Å²) in [5.74, 6) is 0.479. The molecule has 2 fully saturated rings. The molecule has 2 aliphatic rings. The highest BCUT2D eigenvalue weighted by atomic mass is 16.5. The Kier molecular flexibility index (Phi) is 2.52. The first-order valence-electron chi connectivity index (χ1n) is 5.55. The normalized spacial score (nSPS) is 22.1. The van der Waals surface area contributed by atoms with Crippen LogP contribution in [0.4, 0.5) is 0 Å². The zero-order chi connectivity index (χ0) is 10.2. The van der Waals surface area contributed by atoms with Crippen molar-refractivity contribution < 1.29 is 14.6 Å². The van der Waals surface area contributed by atoms with E-state index in [4.69, 9.17) is 4.74 Å². The van der Waals surface area contributed by atoms with Crippen molar-refractivity contribution in [1.29, 1.82) is 0 Å². The quantitative estimate of drug-likeness (QED) is 0.681. The van der Waals surface area contributed by atoms with Crippen LogP contribution < -0.4 is 0 Å². The molecule has 0 aromatic carbocycles. The van der Waals surface area contributed by atoms with Gasteiger partial charge in [-0.05, 0) is 44.4 Å².